The Morgan fingerprint density at radius 1 is 1.45 bits per heavy atom. The van der Waals surface area contributed by atoms with Gasteiger partial charge in [0.25, 0.3) is 0 Å². The number of hydrogen-bond acceptors (Lipinski definition) is 6. The zero-order valence-electron chi connectivity index (χ0n) is 11.2. The summed E-state index contributed by atoms with van der Waals surface area (Å²) < 4.78 is 6.14. The molecule has 20 heavy (non-hydrogen) atoms. The fraction of sp³-hybridized carbons (Fsp3) is 0.308. The van der Waals surface area contributed by atoms with Crippen LogP contribution in [0.4, 0.5) is 5.69 Å². The molecule has 1 aromatic heterocycles. The Labute approximate surface area is 125 Å². The number of carbonyl (C=O) groups is 1. The van der Waals surface area contributed by atoms with Crippen LogP contribution in [0, 0.1) is 0 Å². The molecule has 1 heterocycles. The van der Waals surface area contributed by atoms with Crippen molar-refractivity contribution in [1.82, 2.24) is 10.2 Å². The Kier molecular flexibility index (Phi) is 5.37. The lowest BCUT2D eigenvalue weighted by atomic mass is 10.3. The van der Waals surface area contributed by atoms with Crippen molar-refractivity contribution in [3.8, 4) is 5.75 Å². The average molecular weight is 309 g/mol. The van der Waals surface area contributed by atoms with Crippen LogP contribution in [0.5, 0.6) is 5.75 Å². The van der Waals surface area contributed by atoms with Gasteiger partial charge in [-0.1, -0.05) is 23.1 Å². The number of amides is 1. The molecule has 0 saturated carbocycles. The molecule has 106 valence electrons. The van der Waals surface area contributed by atoms with Crippen LogP contribution >= 0.6 is 23.1 Å². The predicted octanol–water partition coefficient (Wildman–Crippen LogP) is 3.06. The molecule has 2 rings (SSSR count). The van der Waals surface area contributed by atoms with Gasteiger partial charge in [0.2, 0.25) is 5.91 Å². The first kappa shape index (κ1) is 14.8. The monoisotopic (exact) mass is 309 g/mol. The molecule has 0 aliphatic heterocycles. The number of hydrogen-bond donors (Lipinski definition) is 1. The molecule has 1 N–H and O–H groups in total. The van der Waals surface area contributed by atoms with Crippen LogP contribution < -0.4 is 10.1 Å². The van der Waals surface area contributed by atoms with Gasteiger partial charge in [0.05, 0.1) is 11.9 Å². The van der Waals surface area contributed by atoms with E-state index in [9.17, 15) is 4.79 Å². The third-order valence-electron chi connectivity index (χ3n) is 2.42. The van der Waals surface area contributed by atoms with Gasteiger partial charge < -0.3 is 10.1 Å². The Balaban J connectivity index is 1.90. The van der Waals surface area contributed by atoms with Crippen molar-refractivity contribution in [1.29, 1.82) is 0 Å². The van der Waals surface area contributed by atoms with Crippen LogP contribution in [0.15, 0.2) is 34.1 Å². The first-order valence-corrected chi connectivity index (χ1v) is 7.91. The van der Waals surface area contributed by atoms with Crippen molar-refractivity contribution in [2.75, 3.05) is 11.9 Å². The zero-order valence-corrected chi connectivity index (χ0v) is 12.8. The summed E-state index contributed by atoms with van der Waals surface area (Å²) in [4.78, 5) is 12.0. The van der Waals surface area contributed by atoms with Crippen LogP contribution in [-0.4, -0.2) is 28.0 Å². The van der Waals surface area contributed by atoms with Crippen molar-refractivity contribution in [2.45, 2.75) is 23.4 Å². The predicted molar refractivity (Wildman–Crippen MR) is 81.5 cm³/mol. The van der Waals surface area contributed by atoms with Gasteiger partial charge in [-0.15, -0.1) is 10.2 Å². The molecule has 0 spiro atoms. The van der Waals surface area contributed by atoms with Crippen LogP contribution in [0.2, 0.25) is 0 Å². The third kappa shape index (κ3) is 4.21. The lowest BCUT2D eigenvalue weighted by molar-refractivity contribution is -0.115. The fourth-order valence-corrected chi connectivity index (χ4v) is 3.09. The molecule has 0 saturated heterocycles. The van der Waals surface area contributed by atoms with Crippen LogP contribution in [0.1, 0.15) is 13.8 Å². The van der Waals surface area contributed by atoms with Crippen molar-refractivity contribution >= 4 is 34.7 Å². The molecule has 0 bridgehead atoms. The smallest absolute Gasteiger partial charge is 0.237 e. The summed E-state index contributed by atoms with van der Waals surface area (Å²) in [5, 5.41) is 10.3. The van der Waals surface area contributed by atoms with E-state index in [0.29, 0.717) is 6.61 Å². The summed E-state index contributed by atoms with van der Waals surface area (Å²) in [5.41, 5.74) is 2.41. The van der Waals surface area contributed by atoms with Crippen molar-refractivity contribution in [2.24, 2.45) is 0 Å². The normalized spacial score (nSPS) is 11.9. The SMILES string of the molecule is CCOc1ccc(NC(=O)C(C)Sc2nncs2)cc1. The van der Waals surface area contributed by atoms with E-state index in [1.54, 1.807) is 5.51 Å². The summed E-state index contributed by atoms with van der Waals surface area (Å²) in [6.45, 7) is 4.40. The van der Waals surface area contributed by atoms with Crippen molar-refractivity contribution in [3.05, 3.63) is 29.8 Å². The van der Waals surface area contributed by atoms with E-state index in [1.165, 1.54) is 23.1 Å². The molecule has 1 unspecified atom stereocenters. The second-order valence-electron chi connectivity index (χ2n) is 3.91. The molecular formula is C13H15N3O2S2. The fourth-order valence-electron chi connectivity index (χ4n) is 1.46. The minimum atomic E-state index is -0.227. The van der Waals surface area contributed by atoms with E-state index in [2.05, 4.69) is 15.5 Å². The zero-order chi connectivity index (χ0) is 14.4. The number of thioether (sulfide) groups is 1. The van der Waals surface area contributed by atoms with Gasteiger partial charge in [0.1, 0.15) is 11.3 Å². The summed E-state index contributed by atoms with van der Waals surface area (Å²) in [6.07, 6.45) is 0. The maximum atomic E-state index is 12.0. The quantitative estimate of drug-likeness (QED) is 0.831. The molecular weight excluding hydrogens is 294 g/mol. The van der Waals surface area contributed by atoms with E-state index >= 15 is 0 Å². The summed E-state index contributed by atoms with van der Waals surface area (Å²) >= 11 is 2.82. The van der Waals surface area contributed by atoms with Gasteiger partial charge in [-0.25, -0.2) is 0 Å². The number of benzene rings is 1. The third-order valence-corrected chi connectivity index (χ3v) is 4.33. The average Bonchev–Trinajstić information content (AvgIpc) is 2.94. The van der Waals surface area contributed by atoms with Gasteiger partial charge in [-0.05, 0) is 38.1 Å². The van der Waals surface area contributed by atoms with E-state index in [1.807, 2.05) is 38.1 Å². The molecule has 0 aliphatic carbocycles. The van der Waals surface area contributed by atoms with E-state index in [0.717, 1.165) is 15.8 Å². The minimum absolute atomic E-state index is 0.0608. The van der Waals surface area contributed by atoms with Crippen LogP contribution in [0.25, 0.3) is 0 Å². The highest BCUT2D eigenvalue weighted by molar-refractivity contribution is 8.02. The molecule has 1 aromatic carbocycles. The number of carbonyl (C=O) groups excluding carboxylic acids is 1. The van der Waals surface area contributed by atoms with Crippen LogP contribution in [-0.2, 0) is 4.79 Å². The molecule has 1 atom stereocenters. The minimum Gasteiger partial charge on any atom is -0.494 e. The molecule has 7 heteroatoms. The maximum Gasteiger partial charge on any atom is 0.237 e. The molecule has 0 radical (unpaired) electrons. The van der Waals surface area contributed by atoms with Gasteiger partial charge >= 0.3 is 0 Å². The number of aromatic nitrogens is 2. The summed E-state index contributed by atoms with van der Waals surface area (Å²) in [6, 6.07) is 7.32. The van der Waals surface area contributed by atoms with Gasteiger partial charge in [-0.3, -0.25) is 4.79 Å². The number of rotatable bonds is 6. The number of nitrogens with one attached hydrogen (secondary N) is 1. The van der Waals surface area contributed by atoms with E-state index < -0.39 is 0 Å². The molecule has 0 aliphatic rings. The lowest BCUT2D eigenvalue weighted by Crippen LogP contribution is -2.22. The highest BCUT2D eigenvalue weighted by Gasteiger charge is 2.16. The maximum absolute atomic E-state index is 12.0. The van der Waals surface area contributed by atoms with Crippen molar-refractivity contribution in [3.63, 3.8) is 0 Å². The molecule has 1 amide bonds. The summed E-state index contributed by atoms with van der Waals surface area (Å²) in [5.74, 6) is 0.733. The number of ether oxygens (including phenoxy) is 1. The van der Waals surface area contributed by atoms with Gasteiger partial charge in [0.15, 0.2) is 4.34 Å². The van der Waals surface area contributed by atoms with Crippen LogP contribution in [0.3, 0.4) is 0 Å². The van der Waals surface area contributed by atoms with Crippen molar-refractivity contribution < 1.29 is 9.53 Å². The highest BCUT2D eigenvalue weighted by Crippen LogP contribution is 2.25. The largest absolute Gasteiger partial charge is 0.494 e. The first-order valence-electron chi connectivity index (χ1n) is 6.15. The molecule has 0 fully saturated rings. The Bertz CT molecular complexity index is 543. The van der Waals surface area contributed by atoms with Gasteiger partial charge in [0, 0.05) is 5.69 Å². The summed E-state index contributed by atoms with van der Waals surface area (Å²) in [7, 11) is 0. The standard InChI is InChI=1S/C13H15N3O2S2/c1-3-18-11-6-4-10(5-7-11)15-12(17)9(2)20-13-16-14-8-19-13/h4-9H,3H2,1-2H3,(H,15,17). The lowest BCUT2D eigenvalue weighted by Gasteiger charge is -2.10. The molecule has 2 aromatic rings. The number of nitrogens with zero attached hydrogens (tertiary/aromatic N) is 2. The second kappa shape index (κ2) is 7.25. The van der Waals surface area contributed by atoms with E-state index in [4.69, 9.17) is 4.74 Å². The first-order chi connectivity index (χ1) is 9.69. The Morgan fingerprint density at radius 3 is 2.80 bits per heavy atom. The Hall–Kier alpha value is -1.60. The topological polar surface area (TPSA) is 64.1 Å². The Morgan fingerprint density at radius 2 is 2.20 bits per heavy atom. The molecule has 5 nitrogen and oxygen atoms in total. The highest BCUT2D eigenvalue weighted by atomic mass is 32.2. The van der Waals surface area contributed by atoms with E-state index in [-0.39, 0.29) is 11.2 Å². The second-order valence-corrected chi connectivity index (χ2v) is 6.33. The number of anilines is 1. The van der Waals surface area contributed by atoms with Gasteiger partial charge in [-0.2, -0.15) is 0 Å².